The summed E-state index contributed by atoms with van der Waals surface area (Å²) in [4.78, 5) is 14.8. The Bertz CT molecular complexity index is 196. The molecular formula is C4H5N3OS. The fraction of sp³-hybridized carbons (Fsp3) is 0. The predicted octanol–water partition coefficient (Wildman–Crippen LogP) is -0.253. The largest absolute Gasteiger partial charge is 0.289 e. The molecule has 0 bridgehead atoms. The lowest BCUT2D eigenvalue weighted by atomic mass is 10.5. The van der Waals surface area contributed by atoms with Crippen molar-refractivity contribution in [2.24, 2.45) is 5.84 Å². The third kappa shape index (κ3) is 1.24. The number of amides is 1. The SMILES string of the molecule is NNC(=O)c1cncs1. The van der Waals surface area contributed by atoms with E-state index in [9.17, 15) is 4.79 Å². The van der Waals surface area contributed by atoms with Gasteiger partial charge in [0.2, 0.25) is 0 Å². The summed E-state index contributed by atoms with van der Waals surface area (Å²) in [6, 6.07) is 0. The van der Waals surface area contributed by atoms with Gasteiger partial charge < -0.3 is 0 Å². The second kappa shape index (κ2) is 2.56. The molecule has 0 aliphatic carbocycles. The summed E-state index contributed by atoms with van der Waals surface area (Å²) in [6.07, 6.45) is 1.47. The fourth-order valence-electron chi connectivity index (χ4n) is 0.399. The minimum atomic E-state index is -0.294. The fourth-order valence-corrected chi connectivity index (χ4v) is 0.922. The smallest absolute Gasteiger partial charge is 0.276 e. The van der Waals surface area contributed by atoms with Crippen LogP contribution in [0.25, 0.3) is 0 Å². The lowest BCUT2D eigenvalue weighted by molar-refractivity contribution is 0.0957. The zero-order valence-corrected chi connectivity index (χ0v) is 5.31. The van der Waals surface area contributed by atoms with Gasteiger partial charge in [-0.25, -0.2) is 5.84 Å². The Balaban J connectivity index is 2.77. The summed E-state index contributed by atoms with van der Waals surface area (Å²) in [5.41, 5.74) is 3.57. The average Bonchev–Trinajstić information content (AvgIpc) is 2.37. The number of carbonyl (C=O) groups is 1. The minimum absolute atomic E-state index is 0.294. The third-order valence-corrected chi connectivity index (χ3v) is 1.56. The predicted molar refractivity (Wildman–Crippen MR) is 33.8 cm³/mol. The zero-order valence-electron chi connectivity index (χ0n) is 4.50. The van der Waals surface area contributed by atoms with E-state index in [1.807, 2.05) is 5.43 Å². The highest BCUT2D eigenvalue weighted by molar-refractivity contribution is 7.11. The normalized spacial score (nSPS) is 9.00. The minimum Gasteiger partial charge on any atom is -0.289 e. The summed E-state index contributed by atoms with van der Waals surface area (Å²) in [7, 11) is 0. The first kappa shape index (κ1) is 6.18. The van der Waals surface area contributed by atoms with E-state index in [-0.39, 0.29) is 5.91 Å². The number of rotatable bonds is 1. The van der Waals surface area contributed by atoms with Crippen molar-refractivity contribution in [1.29, 1.82) is 0 Å². The first-order valence-corrected chi connectivity index (χ1v) is 3.12. The van der Waals surface area contributed by atoms with Gasteiger partial charge in [-0.2, -0.15) is 0 Å². The summed E-state index contributed by atoms with van der Waals surface area (Å²) < 4.78 is 0. The van der Waals surface area contributed by atoms with E-state index in [2.05, 4.69) is 4.98 Å². The maximum atomic E-state index is 10.6. The van der Waals surface area contributed by atoms with E-state index in [0.717, 1.165) is 0 Å². The van der Waals surface area contributed by atoms with Crippen LogP contribution in [0.4, 0.5) is 0 Å². The van der Waals surface area contributed by atoms with Crippen molar-refractivity contribution in [3.8, 4) is 0 Å². The van der Waals surface area contributed by atoms with E-state index < -0.39 is 0 Å². The van der Waals surface area contributed by atoms with Gasteiger partial charge >= 0.3 is 0 Å². The molecule has 1 aromatic rings. The molecule has 0 unspecified atom stereocenters. The van der Waals surface area contributed by atoms with Crippen LogP contribution in [-0.2, 0) is 0 Å². The van der Waals surface area contributed by atoms with Gasteiger partial charge in [0.25, 0.3) is 5.91 Å². The van der Waals surface area contributed by atoms with Gasteiger partial charge in [0, 0.05) is 0 Å². The van der Waals surface area contributed by atoms with Crippen molar-refractivity contribution >= 4 is 17.2 Å². The first-order chi connectivity index (χ1) is 4.34. The number of nitrogen functional groups attached to an aromatic ring is 1. The van der Waals surface area contributed by atoms with Crippen molar-refractivity contribution in [3.63, 3.8) is 0 Å². The molecule has 1 rings (SSSR count). The highest BCUT2D eigenvalue weighted by Gasteiger charge is 2.02. The molecule has 1 amide bonds. The molecule has 0 atom stereocenters. The molecule has 1 heterocycles. The number of aromatic nitrogens is 1. The molecule has 0 fully saturated rings. The molecule has 0 aliphatic heterocycles. The van der Waals surface area contributed by atoms with E-state index in [4.69, 9.17) is 5.84 Å². The summed E-state index contributed by atoms with van der Waals surface area (Å²) in [5, 5.41) is 0. The molecule has 0 saturated carbocycles. The summed E-state index contributed by atoms with van der Waals surface area (Å²) in [6.45, 7) is 0. The second-order valence-electron chi connectivity index (χ2n) is 1.34. The second-order valence-corrected chi connectivity index (χ2v) is 2.23. The van der Waals surface area contributed by atoms with Crippen LogP contribution in [0.2, 0.25) is 0 Å². The zero-order chi connectivity index (χ0) is 6.69. The molecule has 3 N–H and O–H groups in total. The lowest BCUT2D eigenvalue weighted by Crippen LogP contribution is -2.29. The van der Waals surface area contributed by atoms with Crippen LogP contribution in [0.1, 0.15) is 9.67 Å². The topological polar surface area (TPSA) is 68.0 Å². The molecular weight excluding hydrogens is 138 g/mol. The molecule has 48 valence electrons. The van der Waals surface area contributed by atoms with Crippen molar-refractivity contribution in [2.75, 3.05) is 0 Å². The Kier molecular flexibility index (Phi) is 1.76. The molecule has 1 aromatic heterocycles. The van der Waals surface area contributed by atoms with Crippen LogP contribution in [0.15, 0.2) is 11.7 Å². The van der Waals surface area contributed by atoms with Crippen molar-refractivity contribution in [3.05, 3.63) is 16.6 Å². The summed E-state index contributed by atoms with van der Waals surface area (Å²) >= 11 is 1.25. The van der Waals surface area contributed by atoms with Gasteiger partial charge in [-0.05, 0) is 0 Å². The highest BCUT2D eigenvalue weighted by Crippen LogP contribution is 2.03. The van der Waals surface area contributed by atoms with E-state index in [1.54, 1.807) is 5.51 Å². The highest BCUT2D eigenvalue weighted by atomic mass is 32.1. The van der Waals surface area contributed by atoms with Gasteiger partial charge in [-0.15, -0.1) is 11.3 Å². The van der Waals surface area contributed by atoms with Gasteiger partial charge in [-0.3, -0.25) is 15.2 Å². The van der Waals surface area contributed by atoms with Crippen LogP contribution >= 0.6 is 11.3 Å². The molecule has 0 radical (unpaired) electrons. The molecule has 4 nitrogen and oxygen atoms in total. The van der Waals surface area contributed by atoms with Gasteiger partial charge in [-0.1, -0.05) is 0 Å². The number of nitrogens with zero attached hydrogens (tertiary/aromatic N) is 1. The Labute approximate surface area is 55.7 Å². The molecule has 0 saturated heterocycles. The van der Waals surface area contributed by atoms with Crippen molar-refractivity contribution in [2.45, 2.75) is 0 Å². The maximum absolute atomic E-state index is 10.6. The molecule has 0 aliphatic rings. The third-order valence-electron chi connectivity index (χ3n) is 0.787. The molecule has 5 heteroatoms. The number of carbonyl (C=O) groups excluding carboxylic acids is 1. The number of hydrazine groups is 1. The van der Waals surface area contributed by atoms with Crippen molar-refractivity contribution < 1.29 is 4.79 Å². The van der Waals surface area contributed by atoms with Gasteiger partial charge in [0.1, 0.15) is 4.88 Å². The average molecular weight is 143 g/mol. The first-order valence-electron chi connectivity index (χ1n) is 2.24. The molecule has 0 aromatic carbocycles. The summed E-state index contributed by atoms with van der Waals surface area (Å²) in [5.74, 6) is 4.55. The van der Waals surface area contributed by atoms with Gasteiger partial charge in [0.15, 0.2) is 0 Å². The standard InChI is InChI=1S/C4H5N3OS/c5-7-4(8)3-1-6-2-9-3/h1-2H,5H2,(H,7,8). The number of nitrogens with one attached hydrogen (secondary N) is 1. The Morgan fingerprint density at radius 2 is 2.67 bits per heavy atom. The van der Waals surface area contributed by atoms with E-state index in [0.29, 0.717) is 4.88 Å². The van der Waals surface area contributed by atoms with Gasteiger partial charge in [0.05, 0.1) is 11.7 Å². The van der Waals surface area contributed by atoms with Crippen LogP contribution in [0.3, 0.4) is 0 Å². The Hall–Kier alpha value is -0.940. The van der Waals surface area contributed by atoms with Crippen molar-refractivity contribution in [1.82, 2.24) is 10.4 Å². The Morgan fingerprint density at radius 1 is 1.89 bits per heavy atom. The van der Waals surface area contributed by atoms with E-state index >= 15 is 0 Å². The van der Waals surface area contributed by atoms with Crippen LogP contribution in [0, 0.1) is 0 Å². The number of hydrogen-bond donors (Lipinski definition) is 2. The number of hydrogen-bond acceptors (Lipinski definition) is 4. The quantitative estimate of drug-likeness (QED) is 0.323. The van der Waals surface area contributed by atoms with Crippen LogP contribution < -0.4 is 11.3 Å². The molecule has 9 heavy (non-hydrogen) atoms. The molecule has 0 spiro atoms. The van der Waals surface area contributed by atoms with Crippen LogP contribution in [-0.4, -0.2) is 10.9 Å². The monoisotopic (exact) mass is 143 g/mol. The maximum Gasteiger partial charge on any atom is 0.276 e. The number of nitrogens with two attached hydrogens (primary N) is 1. The number of thiazole rings is 1. The van der Waals surface area contributed by atoms with E-state index in [1.165, 1.54) is 17.5 Å². The van der Waals surface area contributed by atoms with Crippen LogP contribution in [0.5, 0.6) is 0 Å². The Morgan fingerprint density at radius 3 is 3.11 bits per heavy atom. The lowest BCUT2D eigenvalue weighted by Gasteiger charge is -1.89.